The Morgan fingerprint density at radius 3 is 2.40 bits per heavy atom. The molecule has 0 aliphatic rings. The first-order valence-electron chi connectivity index (χ1n) is 3.02. The zero-order chi connectivity index (χ0) is 8.15. The summed E-state index contributed by atoms with van der Waals surface area (Å²) in [6.07, 6.45) is -0.619. The molecule has 0 aromatic heterocycles. The Morgan fingerprint density at radius 2 is 2.10 bits per heavy atom. The molecule has 1 unspecified atom stereocenters. The second kappa shape index (κ2) is 4.21. The highest BCUT2D eigenvalue weighted by Gasteiger charge is 2.18. The van der Waals surface area contributed by atoms with Crippen LogP contribution < -0.4 is 17.2 Å². The van der Waals surface area contributed by atoms with Crippen LogP contribution in [0.2, 0.25) is 0 Å². The minimum absolute atomic E-state index is 0.294. The van der Waals surface area contributed by atoms with Gasteiger partial charge in [-0.1, -0.05) is 0 Å². The Kier molecular flexibility index (Phi) is 3.94. The van der Waals surface area contributed by atoms with Crippen molar-refractivity contribution in [3.05, 3.63) is 0 Å². The average molecular weight is 147 g/mol. The lowest BCUT2D eigenvalue weighted by molar-refractivity contribution is -0.121. The molecule has 0 spiro atoms. The molecule has 0 saturated carbocycles. The van der Waals surface area contributed by atoms with E-state index >= 15 is 0 Å². The topological polar surface area (TPSA) is 115 Å². The van der Waals surface area contributed by atoms with Gasteiger partial charge in [-0.2, -0.15) is 0 Å². The number of carbonyl (C=O) groups excluding carboxylic acids is 1. The maximum atomic E-state index is 10.3. The van der Waals surface area contributed by atoms with Crippen LogP contribution >= 0.6 is 0 Å². The molecule has 0 saturated heterocycles. The van der Waals surface area contributed by atoms with E-state index in [0.29, 0.717) is 13.0 Å². The molecular weight excluding hydrogens is 134 g/mol. The average Bonchev–Trinajstić information content (AvgIpc) is 1.87. The van der Waals surface area contributed by atoms with Gasteiger partial charge in [0.05, 0.1) is 6.10 Å². The van der Waals surface area contributed by atoms with E-state index in [4.69, 9.17) is 22.3 Å². The number of carbonyl (C=O) groups is 1. The summed E-state index contributed by atoms with van der Waals surface area (Å²) < 4.78 is 0. The highest BCUT2D eigenvalue weighted by atomic mass is 16.3. The van der Waals surface area contributed by atoms with Gasteiger partial charge >= 0.3 is 0 Å². The van der Waals surface area contributed by atoms with Gasteiger partial charge < -0.3 is 22.3 Å². The van der Waals surface area contributed by atoms with Crippen LogP contribution in [-0.4, -0.2) is 29.7 Å². The van der Waals surface area contributed by atoms with E-state index in [0.717, 1.165) is 0 Å². The summed E-state index contributed by atoms with van der Waals surface area (Å²) in [5, 5.41) is 8.98. The van der Waals surface area contributed by atoms with Crippen molar-refractivity contribution >= 4 is 5.91 Å². The van der Waals surface area contributed by atoms with Gasteiger partial charge in [0.15, 0.2) is 0 Å². The van der Waals surface area contributed by atoms with Crippen molar-refractivity contribution < 1.29 is 9.90 Å². The van der Waals surface area contributed by atoms with Crippen molar-refractivity contribution in [1.29, 1.82) is 0 Å². The maximum Gasteiger partial charge on any atom is 0.237 e. The van der Waals surface area contributed by atoms with Crippen LogP contribution in [-0.2, 0) is 4.79 Å². The summed E-state index contributed by atoms with van der Waals surface area (Å²) in [5.74, 6) is -0.707. The predicted octanol–water partition coefficient (Wildman–Crippen LogP) is -2.49. The first-order chi connectivity index (χ1) is 4.59. The van der Waals surface area contributed by atoms with Crippen molar-refractivity contribution in [2.75, 3.05) is 6.54 Å². The SMILES string of the molecule is NCCC(O)[C@H](N)C(N)=O. The molecule has 1 amide bonds. The molecule has 0 radical (unpaired) electrons. The molecular formula is C5H13N3O2. The molecule has 0 fully saturated rings. The fourth-order valence-corrected chi connectivity index (χ4v) is 0.540. The Balaban J connectivity index is 3.69. The van der Waals surface area contributed by atoms with E-state index in [-0.39, 0.29) is 0 Å². The Hall–Kier alpha value is -0.650. The van der Waals surface area contributed by atoms with Gasteiger partial charge in [0.1, 0.15) is 6.04 Å². The fraction of sp³-hybridized carbons (Fsp3) is 0.800. The van der Waals surface area contributed by atoms with E-state index < -0.39 is 18.1 Å². The van der Waals surface area contributed by atoms with Crippen molar-refractivity contribution in [1.82, 2.24) is 0 Å². The van der Waals surface area contributed by atoms with E-state index in [2.05, 4.69) is 0 Å². The maximum absolute atomic E-state index is 10.3. The number of nitrogens with two attached hydrogens (primary N) is 3. The molecule has 0 aromatic rings. The molecule has 7 N–H and O–H groups in total. The molecule has 0 bridgehead atoms. The third-order valence-electron chi connectivity index (χ3n) is 1.21. The molecule has 0 aromatic carbocycles. The van der Waals surface area contributed by atoms with Crippen LogP contribution in [0.3, 0.4) is 0 Å². The number of primary amides is 1. The fourth-order valence-electron chi connectivity index (χ4n) is 0.540. The van der Waals surface area contributed by atoms with Crippen LogP contribution in [0.5, 0.6) is 0 Å². The van der Waals surface area contributed by atoms with Gasteiger partial charge in [-0.3, -0.25) is 4.79 Å². The summed E-state index contributed by atoms with van der Waals surface area (Å²) in [6.45, 7) is 0.294. The van der Waals surface area contributed by atoms with E-state index in [1.807, 2.05) is 0 Å². The minimum Gasteiger partial charge on any atom is -0.391 e. The molecule has 2 atom stereocenters. The first kappa shape index (κ1) is 9.35. The lowest BCUT2D eigenvalue weighted by Crippen LogP contribution is -2.46. The number of rotatable bonds is 4. The zero-order valence-electron chi connectivity index (χ0n) is 5.66. The normalized spacial score (nSPS) is 16.3. The summed E-state index contributed by atoms with van der Waals surface area (Å²) in [7, 11) is 0. The van der Waals surface area contributed by atoms with Crippen molar-refractivity contribution in [2.45, 2.75) is 18.6 Å². The smallest absolute Gasteiger partial charge is 0.237 e. The quantitative estimate of drug-likeness (QED) is 0.352. The van der Waals surface area contributed by atoms with Gasteiger partial charge in [-0.25, -0.2) is 0 Å². The zero-order valence-corrected chi connectivity index (χ0v) is 5.66. The molecule has 5 nitrogen and oxygen atoms in total. The van der Waals surface area contributed by atoms with Crippen LogP contribution in [0.25, 0.3) is 0 Å². The highest BCUT2D eigenvalue weighted by Crippen LogP contribution is 1.93. The number of aliphatic hydroxyl groups excluding tert-OH is 1. The second-order valence-electron chi connectivity index (χ2n) is 2.07. The number of amides is 1. The van der Waals surface area contributed by atoms with Crippen molar-refractivity contribution in [3.63, 3.8) is 0 Å². The highest BCUT2D eigenvalue weighted by molar-refractivity contribution is 5.80. The molecule has 60 valence electrons. The first-order valence-corrected chi connectivity index (χ1v) is 3.02. The van der Waals surface area contributed by atoms with Crippen LogP contribution in [0.15, 0.2) is 0 Å². The van der Waals surface area contributed by atoms with Gasteiger partial charge in [0.25, 0.3) is 0 Å². The third kappa shape index (κ3) is 2.77. The molecule has 0 rings (SSSR count). The molecule has 0 aliphatic carbocycles. The summed E-state index contributed by atoms with van der Waals surface area (Å²) in [5.41, 5.74) is 15.1. The van der Waals surface area contributed by atoms with Crippen molar-refractivity contribution in [3.8, 4) is 0 Å². The second-order valence-corrected chi connectivity index (χ2v) is 2.07. The van der Waals surface area contributed by atoms with E-state index in [9.17, 15) is 4.79 Å². The predicted molar refractivity (Wildman–Crippen MR) is 36.8 cm³/mol. The van der Waals surface area contributed by atoms with Gasteiger partial charge in [-0.15, -0.1) is 0 Å². The molecule has 10 heavy (non-hydrogen) atoms. The van der Waals surface area contributed by atoms with Gasteiger partial charge in [0.2, 0.25) is 5.91 Å². The van der Waals surface area contributed by atoms with Gasteiger partial charge in [-0.05, 0) is 13.0 Å². The largest absolute Gasteiger partial charge is 0.391 e. The lowest BCUT2D eigenvalue weighted by Gasteiger charge is -2.13. The Bertz CT molecular complexity index is 117. The number of hydrogen-bond acceptors (Lipinski definition) is 4. The van der Waals surface area contributed by atoms with Crippen molar-refractivity contribution in [2.24, 2.45) is 17.2 Å². The number of aliphatic hydroxyl groups is 1. The monoisotopic (exact) mass is 147 g/mol. The Labute approximate surface area is 59.2 Å². The Morgan fingerprint density at radius 1 is 1.60 bits per heavy atom. The van der Waals surface area contributed by atoms with E-state index in [1.54, 1.807) is 0 Å². The number of hydrogen-bond donors (Lipinski definition) is 4. The molecule has 0 heterocycles. The van der Waals surface area contributed by atoms with Crippen LogP contribution in [0.1, 0.15) is 6.42 Å². The lowest BCUT2D eigenvalue weighted by atomic mass is 10.1. The van der Waals surface area contributed by atoms with Crippen LogP contribution in [0, 0.1) is 0 Å². The van der Waals surface area contributed by atoms with E-state index in [1.165, 1.54) is 0 Å². The molecule has 5 heteroatoms. The third-order valence-corrected chi connectivity index (χ3v) is 1.21. The summed E-state index contributed by atoms with van der Waals surface area (Å²) >= 11 is 0. The standard InChI is InChI=1S/C5H13N3O2/c6-2-1-3(9)4(7)5(8)10/h3-4,9H,1-2,6-7H2,(H2,8,10)/t3?,4-/m0/s1. The van der Waals surface area contributed by atoms with Crippen LogP contribution in [0.4, 0.5) is 0 Å². The summed E-state index contributed by atoms with van der Waals surface area (Å²) in [4.78, 5) is 10.3. The summed E-state index contributed by atoms with van der Waals surface area (Å²) in [6, 6.07) is -0.997. The van der Waals surface area contributed by atoms with Gasteiger partial charge in [0, 0.05) is 0 Å². The minimum atomic E-state index is -0.997. The molecule has 0 aliphatic heterocycles.